The molecule has 22 heavy (non-hydrogen) atoms. The molecule has 1 amide bonds. The lowest BCUT2D eigenvalue weighted by atomic mass is 10.1. The topological polar surface area (TPSA) is 80.0 Å². The van der Waals surface area contributed by atoms with Crippen molar-refractivity contribution in [3.05, 3.63) is 48.3 Å². The molecule has 0 atom stereocenters. The third-order valence-corrected chi connectivity index (χ3v) is 3.16. The summed E-state index contributed by atoms with van der Waals surface area (Å²) in [7, 11) is 0. The summed E-state index contributed by atoms with van der Waals surface area (Å²) >= 11 is 0. The van der Waals surface area contributed by atoms with Crippen molar-refractivity contribution in [1.82, 2.24) is 14.5 Å². The molecule has 112 valence electrons. The maximum Gasteiger partial charge on any atom is 0.222 e. The quantitative estimate of drug-likeness (QED) is 0.777. The van der Waals surface area contributed by atoms with Gasteiger partial charge in [0, 0.05) is 37.3 Å². The van der Waals surface area contributed by atoms with Crippen LogP contribution in [0.2, 0.25) is 0 Å². The van der Waals surface area contributed by atoms with Gasteiger partial charge in [0.05, 0.1) is 6.33 Å². The lowest BCUT2D eigenvalue weighted by Gasteiger charge is -2.11. The Hall–Kier alpha value is -2.96. The number of hydrogen-bond donors (Lipinski definition) is 2. The zero-order chi connectivity index (χ0) is 15.7. The summed E-state index contributed by atoms with van der Waals surface area (Å²) in [6.45, 7) is 1.78. The minimum Gasteiger partial charge on any atom is -0.506 e. The molecule has 2 N–H and O–H groups in total. The first-order valence-electron chi connectivity index (χ1n) is 6.58. The fourth-order valence-electron chi connectivity index (χ4n) is 2.29. The number of aromatic hydroxyl groups is 1. The van der Waals surface area contributed by atoms with E-state index in [9.17, 15) is 14.3 Å². The first-order valence-corrected chi connectivity index (χ1v) is 6.58. The first kappa shape index (κ1) is 14.0. The number of carbonyl (C=O) groups excluding carboxylic acids is 1. The van der Waals surface area contributed by atoms with Crippen LogP contribution >= 0.6 is 0 Å². The third-order valence-electron chi connectivity index (χ3n) is 3.16. The Morgan fingerprint density at radius 1 is 1.41 bits per heavy atom. The number of aromatic nitrogens is 3. The van der Waals surface area contributed by atoms with E-state index >= 15 is 0 Å². The van der Waals surface area contributed by atoms with Gasteiger partial charge in [0.15, 0.2) is 0 Å². The van der Waals surface area contributed by atoms with Crippen LogP contribution in [0.15, 0.2) is 36.9 Å². The van der Waals surface area contributed by atoms with Gasteiger partial charge in [0.2, 0.25) is 5.91 Å². The van der Waals surface area contributed by atoms with Crippen LogP contribution in [0.4, 0.5) is 10.2 Å². The average Bonchev–Trinajstić information content (AvgIpc) is 2.92. The van der Waals surface area contributed by atoms with Crippen LogP contribution in [-0.2, 0) is 11.3 Å². The number of imidazole rings is 1. The van der Waals surface area contributed by atoms with Gasteiger partial charge in [-0.3, -0.25) is 4.79 Å². The summed E-state index contributed by atoms with van der Waals surface area (Å²) in [5.41, 5.74) is 0.948. The number of nitrogens with zero attached hydrogens (tertiary/aromatic N) is 3. The van der Waals surface area contributed by atoms with Crippen molar-refractivity contribution in [2.45, 2.75) is 13.5 Å². The fraction of sp³-hybridized carbons (Fsp3) is 0.133. The minimum absolute atomic E-state index is 0.239. The molecule has 0 saturated heterocycles. The molecule has 0 aliphatic heterocycles. The van der Waals surface area contributed by atoms with Crippen molar-refractivity contribution < 1.29 is 14.3 Å². The number of phenolic OH excluding ortho intramolecular Hbond substituents is 1. The molecule has 7 heteroatoms. The highest BCUT2D eigenvalue weighted by atomic mass is 19.1. The van der Waals surface area contributed by atoms with E-state index in [1.54, 1.807) is 29.4 Å². The molecule has 0 fully saturated rings. The highest BCUT2D eigenvalue weighted by Gasteiger charge is 2.12. The summed E-state index contributed by atoms with van der Waals surface area (Å²) in [4.78, 5) is 19.4. The second kappa shape index (κ2) is 5.44. The molecule has 0 unspecified atom stereocenters. The lowest BCUT2D eigenvalue weighted by molar-refractivity contribution is -0.114. The van der Waals surface area contributed by atoms with Gasteiger partial charge in [0.25, 0.3) is 0 Å². The van der Waals surface area contributed by atoms with E-state index in [4.69, 9.17) is 0 Å². The Kier molecular flexibility index (Phi) is 3.46. The van der Waals surface area contributed by atoms with E-state index in [0.717, 1.165) is 6.07 Å². The van der Waals surface area contributed by atoms with Crippen LogP contribution in [0.1, 0.15) is 12.5 Å². The number of amides is 1. The summed E-state index contributed by atoms with van der Waals surface area (Å²) in [6.07, 6.45) is 5.03. The van der Waals surface area contributed by atoms with Gasteiger partial charge in [-0.05, 0) is 17.7 Å². The first-order chi connectivity index (χ1) is 10.5. The highest BCUT2D eigenvalue weighted by Crippen LogP contribution is 2.29. The number of phenols is 1. The van der Waals surface area contributed by atoms with Crippen LogP contribution in [0.3, 0.4) is 0 Å². The van der Waals surface area contributed by atoms with E-state index in [2.05, 4.69) is 15.3 Å². The average molecular weight is 300 g/mol. The van der Waals surface area contributed by atoms with Crippen molar-refractivity contribution in [2.24, 2.45) is 0 Å². The van der Waals surface area contributed by atoms with Crippen molar-refractivity contribution in [1.29, 1.82) is 0 Å². The van der Waals surface area contributed by atoms with Gasteiger partial charge in [-0.15, -0.1) is 0 Å². The number of rotatable bonds is 3. The summed E-state index contributed by atoms with van der Waals surface area (Å²) in [6, 6.07) is 3.96. The number of benzene rings is 1. The zero-order valence-corrected chi connectivity index (χ0v) is 11.7. The van der Waals surface area contributed by atoms with Crippen molar-refractivity contribution in [3.8, 4) is 5.75 Å². The fourth-order valence-corrected chi connectivity index (χ4v) is 2.29. The van der Waals surface area contributed by atoms with Crippen LogP contribution in [0.25, 0.3) is 10.9 Å². The monoisotopic (exact) mass is 300 g/mol. The Morgan fingerprint density at radius 3 is 2.91 bits per heavy atom. The molecule has 0 saturated carbocycles. The molecule has 6 nitrogen and oxygen atoms in total. The van der Waals surface area contributed by atoms with Crippen molar-refractivity contribution >= 4 is 22.6 Å². The SMILES string of the molecule is CC(=O)Nc1cc(Cn2ccnc2)c2cc(F)cc(O)c2n1. The van der Waals surface area contributed by atoms with Gasteiger partial charge in [-0.25, -0.2) is 14.4 Å². The zero-order valence-electron chi connectivity index (χ0n) is 11.7. The maximum atomic E-state index is 13.6. The standard InChI is InChI=1S/C15H13FN4O2/c1-9(21)18-14-4-10(7-20-3-2-17-8-20)12-5-11(16)6-13(22)15(12)19-14/h2-6,8,22H,7H2,1H3,(H,18,19,21). The van der Waals surface area contributed by atoms with E-state index in [1.807, 2.05) is 0 Å². The molecule has 2 aromatic heterocycles. The second-order valence-corrected chi connectivity index (χ2v) is 4.90. The summed E-state index contributed by atoms with van der Waals surface area (Å²) < 4.78 is 15.4. The smallest absolute Gasteiger partial charge is 0.222 e. The molecule has 3 aromatic rings. The van der Waals surface area contributed by atoms with E-state index in [0.29, 0.717) is 23.3 Å². The van der Waals surface area contributed by atoms with Gasteiger partial charge in [-0.2, -0.15) is 0 Å². The summed E-state index contributed by atoms with van der Waals surface area (Å²) in [5, 5.41) is 13.0. The number of halogens is 1. The number of pyridine rings is 1. The molecule has 3 rings (SSSR count). The number of fused-ring (bicyclic) bond motifs is 1. The van der Waals surface area contributed by atoms with Crippen molar-refractivity contribution in [3.63, 3.8) is 0 Å². The number of anilines is 1. The van der Waals surface area contributed by atoms with Crippen LogP contribution in [-0.4, -0.2) is 25.5 Å². The van der Waals surface area contributed by atoms with Gasteiger partial charge in [0.1, 0.15) is 22.9 Å². The molecule has 2 heterocycles. The minimum atomic E-state index is -0.550. The van der Waals surface area contributed by atoms with Crippen LogP contribution in [0.5, 0.6) is 5.75 Å². The molecular weight excluding hydrogens is 287 g/mol. The molecular formula is C15H13FN4O2. The molecule has 0 aliphatic carbocycles. The molecule has 0 spiro atoms. The Morgan fingerprint density at radius 2 is 2.23 bits per heavy atom. The predicted molar refractivity (Wildman–Crippen MR) is 79.0 cm³/mol. The Balaban J connectivity index is 2.19. The molecule has 1 aromatic carbocycles. The van der Waals surface area contributed by atoms with Gasteiger partial charge >= 0.3 is 0 Å². The largest absolute Gasteiger partial charge is 0.506 e. The summed E-state index contributed by atoms with van der Waals surface area (Å²) in [5.74, 6) is -0.793. The Bertz CT molecular complexity index is 846. The predicted octanol–water partition coefficient (Wildman–Crippen LogP) is 2.28. The third kappa shape index (κ3) is 2.73. The normalized spacial score (nSPS) is 10.8. The van der Waals surface area contributed by atoms with Crippen molar-refractivity contribution in [2.75, 3.05) is 5.32 Å². The molecule has 0 radical (unpaired) electrons. The number of carbonyl (C=O) groups is 1. The van der Waals surface area contributed by atoms with E-state index < -0.39 is 5.82 Å². The molecule has 0 bridgehead atoms. The van der Waals surface area contributed by atoms with E-state index in [-0.39, 0.29) is 17.2 Å². The second-order valence-electron chi connectivity index (χ2n) is 4.90. The van der Waals surface area contributed by atoms with Gasteiger partial charge in [-0.1, -0.05) is 0 Å². The maximum absolute atomic E-state index is 13.6. The van der Waals surface area contributed by atoms with E-state index in [1.165, 1.54) is 13.0 Å². The number of hydrogen-bond acceptors (Lipinski definition) is 4. The lowest BCUT2D eigenvalue weighted by Crippen LogP contribution is -2.09. The van der Waals surface area contributed by atoms with Crippen LogP contribution < -0.4 is 5.32 Å². The Labute approximate surface area is 125 Å². The van der Waals surface area contributed by atoms with Gasteiger partial charge < -0.3 is 15.0 Å². The number of nitrogens with one attached hydrogen (secondary N) is 1. The molecule has 0 aliphatic rings. The highest BCUT2D eigenvalue weighted by molar-refractivity contribution is 5.93. The van der Waals surface area contributed by atoms with Crippen LogP contribution in [0, 0.1) is 5.82 Å².